The molecule has 1 N–H and O–H groups in total. The van der Waals surface area contributed by atoms with Crippen molar-refractivity contribution in [3.05, 3.63) is 34.3 Å². The van der Waals surface area contributed by atoms with E-state index in [0.717, 1.165) is 12.6 Å². The minimum Gasteiger partial charge on any atom is -0.310 e. The number of nitrogens with zero attached hydrogens (tertiary/aromatic N) is 1. The molecule has 2 rings (SSSR count). The number of hydrogen-bond donors (Lipinski definition) is 1. The fraction of sp³-hybridized carbons (Fsp3) is 0.647. The zero-order valence-corrected chi connectivity index (χ0v) is 14.3. The minimum absolute atomic E-state index is 0.460. The molecule has 1 aliphatic carbocycles. The van der Waals surface area contributed by atoms with Crippen LogP contribution in [0.5, 0.6) is 0 Å². The summed E-state index contributed by atoms with van der Waals surface area (Å²) in [5.74, 6) is 0. The Morgan fingerprint density at radius 1 is 1.35 bits per heavy atom. The summed E-state index contributed by atoms with van der Waals surface area (Å²) in [6.45, 7) is 4.38. The van der Waals surface area contributed by atoms with E-state index < -0.39 is 0 Å². The molecule has 1 saturated carbocycles. The molecule has 3 heteroatoms. The monoisotopic (exact) mass is 338 g/mol. The van der Waals surface area contributed by atoms with Crippen LogP contribution in [0.4, 0.5) is 0 Å². The van der Waals surface area contributed by atoms with Crippen LogP contribution in [-0.2, 0) is 0 Å². The summed E-state index contributed by atoms with van der Waals surface area (Å²) in [5, 5.41) is 3.62. The molecule has 0 radical (unpaired) electrons. The molecule has 0 aliphatic heterocycles. The van der Waals surface area contributed by atoms with Gasteiger partial charge in [0.05, 0.1) is 0 Å². The average Bonchev–Trinajstić information content (AvgIpc) is 2.97. The molecule has 0 saturated heterocycles. The van der Waals surface area contributed by atoms with Gasteiger partial charge in [0, 0.05) is 16.6 Å². The molecule has 0 amide bonds. The lowest BCUT2D eigenvalue weighted by atomic mass is 10.0. The van der Waals surface area contributed by atoms with Gasteiger partial charge in [-0.25, -0.2) is 0 Å². The lowest BCUT2D eigenvalue weighted by molar-refractivity contribution is 0.232. The lowest BCUT2D eigenvalue weighted by Crippen LogP contribution is -2.33. The Hall–Kier alpha value is -0.380. The van der Waals surface area contributed by atoms with Gasteiger partial charge >= 0.3 is 0 Å². The third-order valence-electron chi connectivity index (χ3n) is 4.42. The molecule has 0 spiro atoms. The topological polar surface area (TPSA) is 15.3 Å². The maximum Gasteiger partial charge on any atom is 0.0332 e. The quantitative estimate of drug-likeness (QED) is 0.794. The molecule has 1 aliphatic rings. The number of rotatable bonds is 7. The Morgan fingerprint density at radius 3 is 2.75 bits per heavy atom. The van der Waals surface area contributed by atoms with Crippen LogP contribution in [0.3, 0.4) is 0 Å². The molecule has 112 valence electrons. The fourth-order valence-electron chi connectivity index (χ4n) is 3.22. The predicted molar refractivity (Wildman–Crippen MR) is 90.1 cm³/mol. The van der Waals surface area contributed by atoms with Crippen molar-refractivity contribution in [1.82, 2.24) is 10.2 Å². The third-order valence-corrected chi connectivity index (χ3v) is 4.91. The fourth-order valence-corrected chi connectivity index (χ4v) is 3.63. The molecule has 0 bridgehead atoms. The number of benzene rings is 1. The molecule has 0 heterocycles. The van der Waals surface area contributed by atoms with Gasteiger partial charge in [-0.1, -0.05) is 47.8 Å². The molecule has 1 aromatic rings. The van der Waals surface area contributed by atoms with Crippen LogP contribution in [0.25, 0.3) is 0 Å². The van der Waals surface area contributed by atoms with Gasteiger partial charge in [0.2, 0.25) is 0 Å². The number of halogens is 1. The van der Waals surface area contributed by atoms with Crippen molar-refractivity contribution in [3.8, 4) is 0 Å². The summed E-state index contributed by atoms with van der Waals surface area (Å²) in [7, 11) is 2.29. The van der Waals surface area contributed by atoms with Gasteiger partial charge in [0.1, 0.15) is 0 Å². The van der Waals surface area contributed by atoms with Gasteiger partial charge < -0.3 is 10.2 Å². The van der Waals surface area contributed by atoms with Crippen molar-refractivity contribution in [2.45, 2.75) is 51.1 Å². The van der Waals surface area contributed by atoms with Crippen LogP contribution in [-0.4, -0.2) is 31.1 Å². The van der Waals surface area contributed by atoms with E-state index in [9.17, 15) is 0 Å². The third kappa shape index (κ3) is 4.57. The summed E-state index contributed by atoms with van der Waals surface area (Å²) in [6.07, 6.45) is 6.78. The molecular formula is C17H27BrN2. The van der Waals surface area contributed by atoms with Crippen LogP contribution >= 0.6 is 15.9 Å². The van der Waals surface area contributed by atoms with Crippen LogP contribution in [0.2, 0.25) is 0 Å². The highest BCUT2D eigenvalue weighted by Crippen LogP contribution is 2.25. The van der Waals surface area contributed by atoms with Gasteiger partial charge in [-0.15, -0.1) is 0 Å². The first-order valence-corrected chi connectivity index (χ1v) is 8.69. The second-order valence-corrected chi connectivity index (χ2v) is 6.79. The first-order valence-electron chi connectivity index (χ1n) is 7.89. The van der Waals surface area contributed by atoms with E-state index in [4.69, 9.17) is 0 Å². The minimum atomic E-state index is 0.460. The largest absolute Gasteiger partial charge is 0.310 e. The van der Waals surface area contributed by atoms with E-state index in [1.807, 2.05) is 0 Å². The first kappa shape index (κ1) is 16.0. The maximum absolute atomic E-state index is 3.62. The SMILES string of the molecule is CCNC(CCN(C)C1CCCC1)c1cccc(Br)c1. The van der Waals surface area contributed by atoms with Crippen LogP contribution in [0.15, 0.2) is 28.7 Å². The lowest BCUT2D eigenvalue weighted by Gasteiger charge is -2.27. The highest BCUT2D eigenvalue weighted by molar-refractivity contribution is 9.10. The van der Waals surface area contributed by atoms with E-state index in [2.05, 4.69) is 64.4 Å². The number of hydrogen-bond acceptors (Lipinski definition) is 2. The normalized spacial score (nSPS) is 17.8. The summed E-state index contributed by atoms with van der Waals surface area (Å²) in [6, 6.07) is 9.97. The van der Waals surface area contributed by atoms with Crippen LogP contribution in [0, 0.1) is 0 Å². The Labute approximate surface area is 132 Å². The van der Waals surface area contributed by atoms with Gasteiger partial charge in [-0.2, -0.15) is 0 Å². The zero-order valence-electron chi connectivity index (χ0n) is 12.7. The van der Waals surface area contributed by atoms with Crippen LogP contribution in [0.1, 0.15) is 50.6 Å². The van der Waals surface area contributed by atoms with Crippen molar-refractivity contribution in [2.24, 2.45) is 0 Å². The summed E-state index contributed by atoms with van der Waals surface area (Å²) in [5.41, 5.74) is 1.39. The second-order valence-electron chi connectivity index (χ2n) is 5.87. The van der Waals surface area contributed by atoms with E-state index in [1.54, 1.807) is 0 Å². The molecule has 20 heavy (non-hydrogen) atoms. The van der Waals surface area contributed by atoms with Crippen LogP contribution < -0.4 is 5.32 Å². The standard InChI is InChI=1S/C17H27BrN2/c1-3-19-17(14-7-6-8-15(18)13-14)11-12-20(2)16-9-4-5-10-16/h6-8,13,16-17,19H,3-5,9-12H2,1-2H3. The van der Waals surface area contributed by atoms with Gasteiger partial charge in [-0.3, -0.25) is 0 Å². The molecule has 1 aromatic carbocycles. The van der Waals surface area contributed by atoms with Crippen molar-refractivity contribution < 1.29 is 0 Å². The van der Waals surface area contributed by atoms with E-state index in [-0.39, 0.29) is 0 Å². The first-order chi connectivity index (χ1) is 9.70. The molecule has 2 nitrogen and oxygen atoms in total. The highest BCUT2D eigenvalue weighted by atomic mass is 79.9. The average molecular weight is 339 g/mol. The Kier molecular flexibility index (Phi) is 6.53. The Bertz CT molecular complexity index is 402. The van der Waals surface area contributed by atoms with Gasteiger partial charge in [0.25, 0.3) is 0 Å². The molecule has 1 unspecified atom stereocenters. The summed E-state index contributed by atoms with van der Waals surface area (Å²) >= 11 is 3.58. The van der Waals surface area contributed by atoms with E-state index >= 15 is 0 Å². The zero-order chi connectivity index (χ0) is 14.4. The highest BCUT2D eigenvalue weighted by Gasteiger charge is 2.20. The molecule has 1 fully saturated rings. The van der Waals surface area contributed by atoms with Gasteiger partial charge in [0.15, 0.2) is 0 Å². The molecule has 1 atom stereocenters. The summed E-state index contributed by atoms with van der Waals surface area (Å²) < 4.78 is 1.17. The van der Waals surface area contributed by atoms with Crippen molar-refractivity contribution in [2.75, 3.05) is 20.1 Å². The number of nitrogens with one attached hydrogen (secondary N) is 1. The molecule has 0 aromatic heterocycles. The van der Waals surface area contributed by atoms with Crippen molar-refractivity contribution in [1.29, 1.82) is 0 Å². The molecular weight excluding hydrogens is 312 g/mol. The van der Waals surface area contributed by atoms with E-state index in [0.29, 0.717) is 6.04 Å². The Balaban J connectivity index is 1.91. The summed E-state index contributed by atoms with van der Waals surface area (Å²) in [4.78, 5) is 2.56. The Morgan fingerprint density at radius 2 is 2.10 bits per heavy atom. The maximum atomic E-state index is 3.62. The van der Waals surface area contributed by atoms with E-state index in [1.165, 1.54) is 48.7 Å². The second kappa shape index (κ2) is 8.16. The smallest absolute Gasteiger partial charge is 0.0332 e. The van der Waals surface area contributed by atoms with Gasteiger partial charge in [-0.05, 0) is 57.1 Å². The van der Waals surface area contributed by atoms with Crippen molar-refractivity contribution >= 4 is 15.9 Å². The predicted octanol–water partition coefficient (Wildman–Crippen LogP) is 4.36. The van der Waals surface area contributed by atoms with Crippen molar-refractivity contribution in [3.63, 3.8) is 0 Å².